The van der Waals surface area contributed by atoms with Crippen molar-refractivity contribution in [2.45, 2.75) is 38.1 Å². The molecule has 1 aromatic rings. The Morgan fingerprint density at radius 1 is 1.17 bits per heavy atom. The van der Waals surface area contributed by atoms with Crippen LogP contribution in [0.1, 0.15) is 34.3 Å². The van der Waals surface area contributed by atoms with Gasteiger partial charge in [-0.3, -0.25) is 24.6 Å². The minimum atomic E-state index is -4.27. The molecule has 2 fully saturated rings. The monoisotopic (exact) mass is 424 g/mol. The van der Waals surface area contributed by atoms with Crippen LogP contribution in [0, 0.1) is 11.8 Å². The second-order valence-corrected chi connectivity index (χ2v) is 8.23. The van der Waals surface area contributed by atoms with E-state index in [-0.39, 0.29) is 50.8 Å². The molecular weight excluding hydrogens is 401 g/mol. The predicted molar refractivity (Wildman–Crippen MR) is 99.9 cm³/mol. The fourth-order valence-electron chi connectivity index (χ4n) is 4.68. The van der Waals surface area contributed by atoms with E-state index in [1.54, 1.807) is 17.0 Å². The lowest BCUT2D eigenvalue weighted by molar-refractivity contribution is -0.179. The summed E-state index contributed by atoms with van der Waals surface area (Å²) in [4.78, 5) is 39.4. The minimum Gasteiger partial charge on any atom is -0.330 e. The van der Waals surface area contributed by atoms with Crippen LogP contribution in [0.15, 0.2) is 18.2 Å². The molecule has 7 nitrogen and oxygen atoms in total. The molecule has 3 atom stereocenters. The lowest BCUT2D eigenvalue weighted by atomic mass is 9.96. The van der Waals surface area contributed by atoms with Gasteiger partial charge in [0, 0.05) is 38.2 Å². The van der Waals surface area contributed by atoms with Gasteiger partial charge in [-0.05, 0) is 36.1 Å². The number of carbonyl (C=O) groups excluding carboxylic acids is 3. The largest absolute Gasteiger partial charge is 0.393 e. The first kappa shape index (κ1) is 20.8. The van der Waals surface area contributed by atoms with Crippen LogP contribution in [0.3, 0.4) is 0 Å². The summed E-state index contributed by atoms with van der Waals surface area (Å²) in [5, 5.41) is 2.26. The van der Waals surface area contributed by atoms with E-state index in [0.717, 1.165) is 11.1 Å². The van der Waals surface area contributed by atoms with E-state index in [0.29, 0.717) is 12.1 Å². The molecule has 2 saturated heterocycles. The number of benzene rings is 1. The maximum atomic E-state index is 13.2. The van der Waals surface area contributed by atoms with E-state index in [9.17, 15) is 27.6 Å². The molecule has 3 aliphatic rings. The second-order valence-electron chi connectivity index (χ2n) is 8.23. The summed E-state index contributed by atoms with van der Waals surface area (Å²) in [5.41, 5.74) is 7.58. The van der Waals surface area contributed by atoms with Gasteiger partial charge in [0.05, 0.1) is 5.92 Å². The Morgan fingerprint density at radius 3 is 2.57 bits per heavy atom. The van der Waals surface area contributed by atoms with Crippen LogP contribution in [0.5, 0.6) is 0 Å². The van der Waals surface area contributed by atoms with E-state index >= 15 is 0 Å². The molecule has 162 valence electrons. The number of nitrogens with two attached hydrogens (primary N) is 1. The Morgan fingerprint density at radius 2 is 1.93 bits per heavy atom. The molecule has 3 aliphatic heterocycles. The fraction of sp³-hybridized carbons (Fsp3) is 0.550. The van der Waals surface area contributed by atoms with Crippen LogP contribution in [-0.4, -0.2) is 59.4 Å². The number of nitrogens with one attached hydrogen (secondary N) is 1. The predicted octanol–water partition coefficient (Wildman–Crippen LogP) is 1.02. The van der Waals surface area contributed by atoms with Crippen LogP contribution in [-0.2, 0) is 22.7 Å². The van der Waals surface area contributed by atoms with Crippen molar-refractivity contribution in [1.29, 1.82) is 0 Å². The van der Waals surface area contributed by atoms with Crippen LogP contribution in [0.25, 0.3) is 0 Å². The quantitative estimate of drug-likeness (QED) is 0.704. The van der Waals surface area contributed by atoms with Crippen molar-refractivity contribution in [1.82, 2.24) is 15.1 Å². The van der Waals surface area contributed by atoms with Crippen molar-refractivity contribution in [2.75, 3.05) is 19.6 Å². The highest BCUT2D eigenvalue weighted by Gasteiger charge is 2.49. The van der Waals surface area contributed by atoms with E-state index in [1.807, 2.05) is 6.07 Å². The molecule has 0 spiro atoms. The highest BCUT2D eigenvalue weighted by Crippen LogP contribution is 2.38. The molecule has 10 heteroatoms. The topological polar surface area (TPSA) is 95.7 Å². The standard InChI is InChI=1S/C20H23F3N4O3/c21-20(22,23)15-10-26(8-13(15)6-24)7-11-1-2-14-12(5-11)9-27(19(14)30)16-3-4-17(28)25-18(16)29/h1-2,5,13,15-16H,3-4,6-10,24H2,(H,25,28,29). The number of imide groups is 1. The summed E-state index contributed by atoms with van der Waals surface area (Å²) in [7, 11) is 0. The van der Waals surface area contributed by atoms with Crippen molar-refractivity contribution in [3.05, 3.63) is 34.9 Å². The van der Waals surface area contributed by atoms with Gasteiger partial charge in [0.1, 0.15) is 6.04 Å². The van der Waals surface area contributed by atoms with Crippen LogP contribution in [0.2, 0.25) is 0 Å². The van der Waals surface area contributed by atoms with Gasteiger partial charge in [0.15, 0.2) is 0 Å². The molecule has 1 aromatic carbocycles. The van der Waals surface area contributed by atoms with Crippen LogP contribution >= 0.6 is 0 Å². The van der Waals surface area contributed by atoms with Gasteiger partial charge < -0.3 is 10.6 Å². The average molecular weight is 424 g/mol. The number of fused-ring (bicyclic) bond motifs is 1. The number of rotatable bonds is 4. The lowest BCUT2D eigenvalue weighted by Gasteiger charge is -2.29. The molecule has 3 amide bonds. The number of alkyl halides is 3. The number of piperidine rings is 1. The van der Waals surface area contributed by atoms with E-state index in [4.69, 9.17) is 5.73 Å². The zero-order valence-corrected chi connectivity index (χ0v) is 16.2. The molecular formula is C20H23F3N4O3. The van der Waals surface area contributed by atoms with Gasteiger partial charge in [0.2, 0.25) is 11.8 Å². The maximum Gasteiger partial charge on any atom is 0.393 e. The number of likely N-dealkylation sites (tertiary alicyclic amines) is 1. The van der Waals surface area contributed by atoms with Crippen LogP contribution in [0.4, 0.5) is 13.2 Å². The normalized spacial score (nSPS) is 27.5. The first-order valence-electron chi connectivity index (χ1n) is 9.93. The van der Waals surface area contributed by atoms with Gasteiger partial charge >= 0.3 is 6.18 Å². The number of nitrogens with zero attached hydrogens (tertiary/aromatic N) is 2. The molecule has 3 unspecified atom stereocenters. The van der Waals surface area contributed by atoms with Crippen molar-refractivity contribution in [3.63, 3.8) is 0 Å². The highest BCUT2D eigenvalue weighted by atomic mass is 19.4. The number of hydrogen-bond acceptors (Lipinski definition) is 5. The van der Waals surface area contributed by atoms with E-state index < -0.39 is 30.0 Å². The number of carbonyl (C=O) groups is 3. The van der Waals surface area contributed by atoms with Crippen molar-refractivity contribution >= 4 is 17.7 Å². The Hall–Kier alpha value is -2.46. The third kappa shape index (κ3) is 3.81. The second kappa shape index (κ2) is 7.66. The number of halogens is 3. The minimum absolute atomic E-state index is 0.0136. The summed E-state index contributed by atoms with van der Waals surface area (Å²) in [6.45, 7) is 0.747. The Labute approximate surface area is 171 Å². The Kier molecular flexibility index (Phi) is 5.31. The van der Waals surface area contributed by atoms with E-state index in [2.05, 4.69) is 5.32 Å². The van der Waals surface area contributed by atoms with Gasteiger partial charge in [-0.25, -0.2) is 0 Å². The van der Waals surface area contributed by atoms with Gasteiger partial charge in [-0.2, -0.15) is 13.2 Å². The molecule has 30 heavy (non-hydrogen) atoms. The van der Waals surface area contributed by atoms with Crippen LogP contribution < -0.4 is 11.1 Å². The van der Waals surface area contributed by atoms with E-state index in [1.165, 1.54) is 4.90 Å². The summed E-state index contributed by atoms with van der Waals surface area (Å²) >= 11 is 0. The maximum absolute atomic E-state index is 13.2. The first-order valence-corrected chi connectivity index (χ1v) is 9.93. The molecule has 0 radical (unpaired) electrons. The smallest absolute Gasteiger partial charge is 0.330 e. The Bertz CT molecular complexity index is 889. The fourth-order valence-corrected chi connectivity index (χ4v) is 4.68. The summed E-state index contributed by atoms with van der Waals surface area (Å²) < 4.78 is 39.7. The van der Waals surface area contributed by atoms with Gasteiger partial charge in [0.25, 0.3) is 5.91 Å². The average Bonchev–Trinajstić information content (AvgIpc) is 3.23. The molecule has 3 N–H and O–H groups in total. The third-order valence-corrected chi connectivity index (χ3v) is 6.23. The van der Waals surface area contributed by atoms with Crippen molar-refractivity contribution in [3.8, 4) is 0 Å². The molecule has 0 aromatic heterocycles. The van der Waals surface area contributed by atoms with Crippen molar-refractivity contribution < 1.29 is 27.6 Å². The lowest BCUT2D eigenvalue weighted by Crippen LogP contribution is -2.52. The van der Waals surface area contributed by atoms with Crippen molar-refractivity contribution in [2.24, 2.45) is 17.6 Å². The summed E-state index contributed by atoms with van der Waals surface area (Å²) in [6, 6.07) is 4.53. The van der Waals surface area contributed by atoms with Gasteiger partial charge in [-0.15, -0.1) is 0 Å². The first-order chi connectivity index (χ1) is 14.2. The SMILES string of the molecule is NCC1CN(Cc2ccc3c(c2)CN(C2CCC(=O)NC2=O)C3=O)CC1C(F)(F)F. The Balaban J connectivity index is 1.46. The molecule has 4 rings (SSSR count). The molecule has 0 saturated carbocycles. The zero-order chi connectivity index (χ0) is 21.6. The number of hydrogen-bond donors (Lipinski definition) is 2. The number of amides is 3. The molecule has 0 bridgehead atoms. The molecule has 3 heterocycles. The summed E-state index contributed by atoms with van der Waals surface area (Å²) in [6.07, 6.45) is -3.81. The highest BCUT2D eigenvalue weighted by molar-refractivity contribution is 6.05. The van der Waals surface area contributed by atoms with Gasteiger partial charge in [-0.1, -0.05) is 12.1 Å². The third-order valence-electron chi connectivity index (χ3n) is 6.23. The summed E-state index contributed by atoms with van der Waals surface area (Å²) in [5.74, 6) is -3.14. The zero-order valence-electron chi connectivity index (χ0n) is 16.2. The molecule has 0 aliphatic carbocycles.